The number of carbonyl (C=O) groups excluding carboxylic acids is 1. The van der Waals surface area contributed by atoms with Crippen LogP contribution in [0.4, 0.5) is 14.5 Å². The molecule has 0 saturated heterocycles. The lowest BCUT2D eigenvalue weighted by Crippen LogP contribution is -2.35. The number of hydrogen-bond acceptors (Lipinski definition) is 3. The van der Waals surface area contributed by atoms with Crippen LogP contribution >= 0.6 is 0 Å². The normalized spacial score (nSPS) is 13.0. The number of nitrogens with one attached hydrogen (secondary N) is 1. The van der Waals surface area contributed by atoms with Crippen molar-refractivity contribution in [2.24, 2.45) is 0 Å². The monoisotopic (exact) mass is 319 g/mol. The predicted molar refractivity (Wildman–Crippen MR) is 80.6 cm³/mol. The Kier molecular flexibility index (Phi) is 3.67. The second kappa shape index (κ2) is 5.53. The first-order valence-corrected chi connectivity index (χ1v) is 7.05. The van der Waals surface area contributed by atoms with E-state index in [1.807, 2.05) is 0 Å². The summed E-state index contributed by atoms with van der Waals surface area (Å²) in [7, 11) is 0. The van der Waals surface area contributed by atoms with Crippen LogP contribution in [0.25, 0.3) is 0 Å². The van der Waals surface area contributed by atoms with Crippen molar-refractivity contribution < 1.29 is 23.0 Å². The second-order valence-electron chi connectivity index (χ2n) is 5.74. The van der Waals surface area contributed by atoms with Gasteiger partial charge in [-0.1, -0.05) is 12.1 Å². The fraction of sp³-hybridized carbons (Fsp3) is 0.235. The Morgan fingerprint density at radius 3 is 2.43 bits per heavy atom. The van der Waals surface area contributed by atoms with E-state index >= 15 is 0 Å². The van der Waals surface area contributed by atoms with Gasteiger partial charge in [0.25, 0.3) is 0 Å². The molecule has 0 bridgehead atoms. The maximum absolute atomic E-state index is 13.7. The molecule has 2 aromatic rings. The van der Waals surface area contributed by atoms with E-state index in [0.29, 0.717) is 17.1 Å². The molecule has 1 aliphatic heterocycles. The molecule has 6 heteroatoms. The number of anilines is 1. The van der Waals surface area contributed by atoms with E-state index < -0.39 is 28.6 Å². The van der Waals surface area contributed by atoms with Gasteiger partial charge in [-0.2, -0.15) is 0 Å². The lowest BCUT2D eigenvalue weighted by atomic mass is 9.83. The van der Waals surface area contributed by atoms with E-state index in [9.17, 15) is 13.6 Å². The van der Waals surface area contributed by atoms with E-state index in [4.69, 9.17) is 9.47 Å². The van der Waals surface area contributed by atoms with Gasteiger partial charge in [0, 0.05) is 0 Å². The van der Waals surface area contributed by atoms with Crippen molar-refractivity contribution in [2.75, 3.05) is 12.1 Å². The maximum atomic E-state index is 13.7. The standard InChI is InChI=1S/C17H15F2NO3/c1-17(2,10-6-7-13-14(8-10)23-9-22-13)16(21)20-15-11(18)4-3-5-12(15)19/h3-8H,9H2,1-2H3,(H,20,21). The number of ether oxygens (including phenoxy) is 2. The summed E-state index contributed by atoms with van der Waals surface area (Å²) in [5.41, 5.74) is -0.822. The third kappa shape index (κ3) is 2.72. The molecule has 2 aromatic carbocycles. The summed E-state index contributed by atoms with van der Waals surface area (Å²) < 4.78 is 37.9. The van der Waals surface area contributed by atoms with Crippen LogP contribution in [0.3, 0.4) is 0 Å². The van der Waals surface area contributed by atoms with Crippen molar-refractivity contribution in [3.8, 4) is 11.5 Å². The van der Waals surface area contributed by atoms with Crippen LogP contribution in [0, 0.1) is 11.6 Å². The van der Waals surface area contributed by atoms with Crippen molar-refractivity contribution >= 4 is 11.6 Å². The first kappa shape index (κ1) is 15.3. The van der Waals surface area contributed by atoms with E-state index in [1.54, 1.807) is 32.0 Å². The SMILES string of the molecule is CC(C)(C(=O)Nc1c(F)cccc1F)c1ccc2c(c1)OCO2. The molecule has 3 rings (SSSR count). The number of rotatable bonds is 3. The third-order valence-electron chi connectivity index (χ3n) is 3.86. The maximum Gasteiger partial charge on any atom is 0.234 e. The Balaban J connectivity index is 1.88. The average molecular weight is 319 g/mol. The smallest absolute Gasteiger partial charge is 0.234 e. The molecule has 4 nitrogen and oxygen atoms in total. The van der Waals surface area contributed by atoms with Crippen LogP contribution in [-0.4, -0.2) is 12.7 Å². The zero-order chi connectivity index (χ0) is 16.6. The van der Waals surface area contributed by atoms with Crippen molar-refractivity contribution in [3.05, 3.63) is 53.6 Å². The molecule has 0 spiro atoms. The Morgan fingerprint density at radius 1 is 1.09 bits per heavy atom. The number of amides is 1. The van der Waals surface area contributed by atoms with Crippen molar-refractivity contribution in [1.82, 2.24) is 0 Å². The molecule has 1 heterocycles. The van der Waals surface area contributed by atoms with Gasteiger partial charge in [-0.25, -0.2) is 8.78 Å². The molecule has 0 unspecified atom stereocenters. The Hall–Kier alpha value is -2.63. The highest BCUT2D eigenvalue weighted by molar-refractivity contribution is 5.98. The molecule has 0 atom stereocenters. The number of fused-ring (bicyclic) bond motifs is 1. The Labute approximate surface area is 132 Å². The van der Waals surface area contributed by atoms with Crippen LogP contribution in [0.2, 0.25) is 0 Å². The first-order valence-electron chi connectivity index (χ1n) is 7.05. The van der Waals surface area contributed by atoms with Crippen molar-refractivity contribution in [3.63, 3.8) is 0 Å². The molecule has 120 valence electrons. The zero-order valence-electron chi connectivity index (χ0n) is 12.7. The van der Waals surface area contributed by atoms with Crippen LogP contribution < -0.4 is 14.8 Å². The Bertz CT molecular complexity index is 754. The highest BCUT2D eigenvalue weighted by Crippen LogP contribution is 2.37. The van der Waals surface area contributed by atoms with Gasteiger partial charge in [-0.15, -0.1) is 0 Å². The first-order chi connectivity index (χ1) is 10.9. The van der Waals surface area contributed by atoms with E-state index in [0.717, 1.165) is 12.1 Å². The summed E-state index contributed by atoms with van der Waals surface area (Å²) in [5, 5.41) is 2.32. The fourth-order valence-electron chi connectivity index (χ4n) is 2.30. The lowest BCUT2D eigenvalue weighted by molar-refractivity contribution is -0.120. The van der Waals surface area contributed by atoms with Gasteiger partial charge < -0.3 is 14.8 Å². The highest BCUT2D eigenvalue weighted by atomic mass is 19.1. The predicted octanol–water partition coefficient (Wildman–Crippen LogP) is 3.61. The van der Waals surface area contributed by atoms with Gasteiger partial charge in [-0.3, -0.25) is 4.79 Å². The highest BCUT2D eigenvalue weighted by Gasteiger charge is 2.32. The minimum Gasteiger partial charge on any atom is -0.454 e. The summed E-state index contributed by atoms with van der Waals surface area (Å²) in [6.07, 6.45) is 0. The zero-order valence-corrected chi connectivity index (χ0v) is 12.7. The molecule has 1 amide bonds. The quantitative estimate of drug-likeness (QED) is 0.940. The molecule has 1 aliphatic rings. The number of carbonyl (C=O) groups is 1. The number of halogens is 2. The Morgan fingerprint density at radius 2 is 1.74 bits per heavy atom. The summed E-state index contributed by atoms with van der Waals surface area (Å²) in [6, 6.07) is 8.54. The van der Waals surface area contributed by atoms with Crippen LogP contribution in [0.1, 0.15) is 19.4 Å². The summed E-state index contributed by atoms with van der Waals surface area (Å²) in [6.45, 7) is 3.46. The molecule has 0 fully saturated rings. The van der Waals surface area contributed by atoms with E-state index in [2.05, 4.69) is 5.32 Å². The van der Waals surface area contributed by atoms with Crippen molar-refractivity contribution in [1.29, 1.82) is 0 Å². The van der Waals surface area contributed by atoms with Gasteiger partial charge in [0.2, 0.25) is 12.7 Å². The molecule has 1 N–H and O–H groups in total. The third-order valence-corrected chi connectivity index (χ3v) is 3.86. The van der Waals surface area contributed by atoms with E-state index in [1.165, 1.54) is 6.07 Å². The molecular weight excluding hydrogens is 304 g/mol. The molecular formula is C17H15F2NO3. The fourth-order valence-corrected chi connectivity index (χ4v) is 2.30. The van der Waals surface area contributed by atoms with Crippen molar-refractivity contribution in [2.45, 2.75) is 19.3 Å². The average Bonchev–Trinajstić information content (AvgIpc) is 2.98. The minimum atomic E-state index is -1.02. The van der Waals surface area contributed by atoms with E-state index in [-0.39, 0.29) is 6.79 Å². The molecule has 0 aromatic heterocycles. The molecule has 0 radical (unpaired) electrons. The van der Waals surface area contributed by atoms with Gasteiger partial charge in [0.05, 0.1) is 5.41 Å². The number of hydrogen-bond donors (Lipinski definition) is 1. The molecule has 23 heavy (non-hydrogen) atoms. The summed E-state index contributed by atoms with van der Waals surface area (Å²) in [5.74, 6) is -1.02. The van der Waals surface area contributed by atoms with Gasteiger partial charge in [0.15, 0.2) is 11.5 Å². The molecule has 0 saturated carbocycles. The summed E-state index contributed by atoms with van der Waals surface area (Å²) >= 11 is 0. The number of para-hydroxylation sites is 1. The molecule has 0 aliphatic carbocycles. The van der Waals surface area contributed by atoms with Gasteiger partial charge >= 0.3 is 0 Å². The summed E-state index contributed by atoms with van der Waals surface area (Å²) in [4.78, 5) is 12.5. The lowest BCUT2D eigenvalue weighted by Gasteiger charge is -2.24. The minimum absolute atomic E-state index is 0.131. The number of benzene rings is 2. The van der Waals surface area contributed by atoms with Crippen LogP contribution in [0.15, 0.2) is 36.4 Å². The topological polar surface area (TPSA) is 47.6 Å². The van der Waals surface area contributed by atoms with Crippen LogP contribution in [0.5, 0.6) is 11.5 Å². The van der Waals surface area contributed by atoms with Gasteiger partial charge in [-0.05, 0) is 43.7 Å². The van der Waals surface area contributed by atoms with Gasteiger partial charge in [0.1, 0.15) is 17.3 Å². The second-order valence-corrected chi connectivity index (χ2v) is 5.74. The van der Waals surface area contributed by atoms with Crippen LogP contribution in [-0.2, 0) is 10.2 Å². The largest absolute Gasteiger partial charge is 0.454 e.